The Bertz CT molecular complexity index is 823. The summed E-state index contributed by atoms with van der Waals surface area (Å²) in [7, 11) is 0. The molecule has 2 rings (SSSR count). The van der Waals surface area contributed by atoms with Gasteiger partial charge in [0.15, 0.2) is 0 Å². The summed E-state index contributed by atoms with van der Waals surface area (Å²) in [6.45, 7) is -0.325. The SMILES string of the molecule is N#C/C(=C\c1ccccc1OCC(=O)[O-])C(=O)NCc1ccccc1. The number of carboxylic acid groups (broad SMARTS) is 1. The van der Waals surface area contributed by atoms with Gasteiger partial charge in [-0.15, -0.1) is 0 Å². The molecule has 0 aliphatic carbocycles. The number of nitriles is 1. The van der Waals surface area contributed by atoms with Crippen molar-refractivity contribution in [3.63, 3.8) is 0 Å². The van der Waals surface area contributed by atoms with Crippen LogP contribution in [0.25, 0.3) is 6.08 Å². The lowest BCUT2D eigenvalue weighted by atomic mass is 10.1. The van der Waals surface area contributed by atoms with Crippen LogP contribution in [0.2, 0.25) is 0 Å². The highest BCUT2D eigenvalue weighted by molar-refractivity contribution is 6.01. The van der Waals surface area contributed by atoms with E-state index < -0.39 is 18.5 Å². The molecule has 2 aromatic rings. The van der Waals surface area contributed by atoms with Crippen molar-refractivity contribution < 1.29 is 19.4 Å². The molecule has 6 heteroatoms. The van der Waals surface area contributed by atoms with Crippen LogP contribution in [-0.4, -0.2) is 18.5 Å². The van der Waals surface area contributed by atoms with Gasteiger partial charge in [-0.3, -0.25) is 4.79 Å². The van der Waals surface area contributed by atoms with Crippen molar-refractivity contribution in [3.05, 3.63) is 71.3 Å². The van der Waals surface area contributed by atoms with Gasteiger partial charge in [0.2, 0.25) is 0 Å². The van der Waals surface area contributed by atoms with Crippen LogP contribution in [0.3, 0.4) is 0 Å². The summed E-state index contributed by atoms with van der Waals surface area (Å²) in [4.78, 5) is 22.7. The number of hydrogen-bond acceptors (Lipinski definition) is 5. The number of para-hydroxylation sites is 1. The first-order chi connectivity index (χ1) is 12.1. The van der Waals surface area contributed by atoms with Crippen molar-refractivity contribution >= 4 is 18.0 Å². The minimum absolute atomic E-state index is 0.111. The van der Waals surface area contributed by atoms with E-state index in [0.717, 1.165) is 5.56 Å². The Morgan fingerprint density at radius 3 is 2.48 bits per heavy atom. The Morgan fingerprint density at radius 2 is 1.80 bits per heavy atom. The molecule has 0 aromatic heterocycles. The Hall–Kier alpha value is -3.59. The van der Waals surface area contributed by atoms with Gasteiger partial charge in [-0.05, 0) is 17.7 Å². The summed E-state index contributed by atoms with van der Waals surface area (Å²) in [6.07, 6.45) is 1.35. The number of rotatable bonds is 7. The average molecular weight is 335 g/mol. The second kappa shape index (κ2) is 8.89. The highest BCUT2D eigenvalue weighted by Gasteiger charge is 2.10. The molecule has 0 aliphatic heterocycles. The van der Waals surface area contributed by atoms with Crippen LogP contribution in [0, 0.1) is 11.3 Å². The number of amides is 1. The van der Waals surface area contributed by atoms with Crippen LogP contribution in [0.1, 0.15) is 11.1 Å². The predicted molar refractivity (Wildman–Crippen MR) is 88.8 cm³/mol. The van der Waals surface area contributed by atoms with E-state index in [0.29, 0.717) is 12.1 Å². The lowest BCUT2D eigenvalue weighted by molar-refractivity contribution is -0.307. The van der Waals surface area contributed by atoms with Crippen molar-refractivity contribution in [1.82, 2.24) is 5.32 Å². The molecule has 0 saturated heterocycles. The standard InChI is InChI=1S/C19H16N2O4/c20-11-16(19(24)21-12-14-6-2-1-3-7-14)10-15-8-4-5-9-17(15)25-13-18(22)23/h1-10H,12-13H2,(H,21,24)(H,22,23)/p-1/b16-10+. The van der Waals surface area contributed by atoms with Gasteiger partial charge in [-0.25, -0.2) is 0 Å². The topological polar surface area (TPSA) is 102 Å². The first-order valence-electron chi connectivity index (χ1n) is 7.45. The monoisotopic (exact) mass is 335 g/mol. The molecule has 0 fully saturated rings. The molecule has 126 valence electrons. The van der Waals surface area contributed by atoms with E-state index in [4.69, 9.17) is 4.74 Å². The second-order valence-electron chi connectivity index (χ2n) is 5.04. The Kier molecular flexibility index (Phi) is 6.32. The van der Waals surface area contributed by atoms with Crippen molar-refractivity contribution in [3.8, 4) is 11.8 Å². The number of carboxylic acids is 1. The average Bonchev–Trinajstić information content (AvgIpc) is 2.64. The van der Waals surface area contributed by atoms with E-state index in [1.165, 1.54) is 6.08 Å². The van der Waals surface area contributed by atoms with Crippen LogP contribution in [-0.2, 0) is 16.1 Å². The predicted octanol–water partition coefficient (Wildman–Crippen LogP) is 1.04. The molecular formula is C19H15N2O4-. The summed E-state index contributed by atoms with van der Waals surface area (Å²) in [5.74, 6) is -1.64. The first-order valence-corrected chi connectivity index (χ1v) is 7.45. The number of nitrogens with one attached hydrogen (secondary N) is 1. The maximum Gasteiger partial charge on any atom is 0.262 e. The second-order valence-corrected chi connectivity index (χ2v) is 5.04. The van der Waals surface area contributed by atoms with E-state index in [1.54, 1.807) is 24.3 Å². The highest BCUT2D eigenvalue weighted by atomic mass is 16.5. The smallest absolute Gasteiger partial charge is 0.262 e. The van der Waals surface area contributed by atoms with Crippen molar-refractivity contribution in [2.75, 3.05) is 6.61 Å². The van der Waals surface area contributed by atoms with Gasteiger partial charge in [0.05, 0.1) is 5.97 Å². The van der Waals surface area contributed by atoms with Gasteiger partial charge >= 0.3 is 0 Å². The molecular weight excluding hydrogens is 320 g/mol. The van der Waals surface area contributed by atoms with E-state index >= 15 is 0 Å². The Morgan fingerprint density at radius 1 is 1.12 bits per heavy atom. The van der Waals surface area contributed by atoms with Gasteiger partial charge in [0, 0.05) is 12.1 Å². The van der Waals surface area contributed by atoms with Gasteiger partial charge in [-0.1, -0.05) is 48.5 Å². The minimum Gasteiger partial charge on any atom is -0.546 e. The third-order valence-corrected chi connectivity index (χ3v) is 3.23. The molecule has 25 heavy (non-hydrogen) atoms. The summed E-state index contributed by atoms with van der Waals surface area (Å²) < 4.78 is 5.11. The van der Waals surface area contributed by atoms with E-state index in [-0.39, 0.29) is 11.3 Å². The molecule has 0 radical (unpaired) electrons. The summed E-state index contributed by atoms with van der Waals surface area (Å²) in [5, 5.41) is 22.4. The summed E-state index contributed by atoms with van der Waals surface area (Å²) >= 11 is 0. The van der Waals surface area contributed by atoms with Crippen LogP contribution in [0.15, 0.2) is 60.2 Å². The zero-order chi connectivity index (χ0) is 18.1. The van der Waals surface area contributed by atoms with E-state index in [2.05, 4.69) is 5.32 Å². The fraction of sp³-hybridized carbons (Fsp3) is 0.105. The van der Waals surface area contributed by atoms with Crippen molar-refractivity contribution in [1.29, 1.82) is 5.26 Å². The van der Waals surface area contributed by atoms with E-state index in [1.807, 2.05) is 36.4 Å². The number of nitrogens with zero attached hydrogens (tertiary/aromatic N) is 1. The first kappa shape index (κ1) is 17.8. The maximum atomic E-state index is 12.2. The van der Waals surface area contributed by atoms with Crippen LogP contribution in [0.5, 0.6) is 5.75 Å². The third kappa shape index (κ3) is 5.52. The fourth-order valence-corrected chi connectivity index (χ4v) is 2.05. The molecule has 1 N–H and O–H groups in total. The molecule has 0 spiro atoms. The fourth-order valence-electron chi connectivity index (χ4n) is 2.05. The minimum atomic E-state index is -1.36. The number of benzene rings is 2. The quantitative estimate of drug-likeness (QED) is 0.601. The normalized spacial score (nSPS) is 10.6. The molecule has 2 aromatic carbocycles. The zero-order valence-electron chi connectivity index (χ0n) is 13.3. The highest BCUT2D eigenvalue weighted by Crippen LogP contribution is 2.21. The van der Waals surface area contributed by atoms with E-state index in [9.17, 15) is 20.0 Å². The molecule has 0 atom stereocenters. The molecule has 6 nitrogen and oxygen atoms in total. The van der Waals surface area contributed by atoms with Crippen LogP contribution < -0.4 is 15.2 Å². The van der Waals surface area contributed by atoms with Gasteiger partial charge < -0.3 is 20.0 Å². The number of carbonyl (C=O) groups is 2. The lowest BCUT2D eigenvalue weighted by Gasteiger charge is -2.10. The molecule has 0 heterocycles. The Labute approximate surface area is 145 Å². The molecule has 1 amide bonds. The lowest BCUT2D eigenvalue weighted by Crippen LogP contribution is -2.29. The number of carbonyl (C=O) groups excluding carboxylic acids is 2. The largest absolute Gasteiger partial charge is 0.546 e. The van der Waals surface area contributed by atoms with Gasteiger partial charge in [0.1, 0.15) is 24.0 Å². The van der Waals surface area contributed by atoms with Crippen LogP contribution in [0.4, 0.5) is 0 Å². The summed E-state index contributed by atoms with van der Waals surface area (Å²) in [6, 6.07) is 17.7. The van der Waals surface area contributed by atoms with Crippen LogP contribution >= 0.6 is 0 Å². The number of aliphatic carboxylic acids is 1. The molecule has 0 aliphatic rings. The maximum absolute atomic E-state index is 12.2. The number of ether oxygens (including phenoxy) is 1. The van der Waals surface area contributed by atoms with Gasteiger partial charge in [-0.2, -0.15) is 5.26 Å². The third-order valence-electron chi connectivity index (χ3n) is 3.23. The van der Waals surface area contributed by atoms with Crippen molar-refractivity contribution in [2.24, 2.45) is 0 Å². The molecule has 0 saturated carbocycles. The zero-order valence-corrected chi connectivity index (χ0v) is 13.3. The Balaban J connectivity index is 2.12. The van der Waals surface area contributed by atoms with Gasteiger partial charge in [0.25, 0.3) is 5.91 Å². The number of hydrogen-bond donors (Lipinski definition) is 1. The van der Waals surface area contributed by atoms with Crippen molar-refractivity contribution in [2.45, 2.75) is 6.54 Å². The summed E-state index contributed by atoms with van der Waals surface area (Å²) in [5.41, 5.74) is 1.22. The molecule has 0 unspecified atom stereocenters. The molecule has 0 bridgehead atoms.